The second-order valence-electron chi connectivity index (χ2n) is 3.00. The molecule has 1 rings (SSSR count). The molecular weight excluding hydrogens is 194 g/mol. The molecule has 0 aromatic carbocycles. The summed E-state index contributed by atoms with van der Waals surface area (Å²) in [4.78, 5) is 11.1. The number of esters is 1. The third-order valence-electron chi connectivity index (χ3n) is 1.88. The van der Waals surface area contributed by atoms with E-state index in [1.165, 1.54) is 13.2 Å². The number of hydrogen-bond acceptors (Lipinski definition) is 4. The molecule has 0 saturated heterocycles. The molecule has 0 N–H and O–H groups in total. The zero-order valence-corrected chi connectivity index (χ0v) is 8.81. The highest BCUT2D eigenvalue weighted by Gasteiger charge is 2.10. The lowest BCUT2D eigenvalue weighted by atomic mass is 10.2. The third-order valence-corrected chi connectivity index (χ3v) is 1.88. The molecule has 0 fully saturated rings. The average Bonchev–Trinajstić information content (AvgIpc) is 2.52. The molecule has 0 atom stereocenters. The topological polar surface area (TPSA) is 67.9 Å². The molecule has 0 spiro atoms. The lowest BCUT2D eigenvalue weighted by Crippen LogP contribution is -2.02. The molecule has 1 aromatic heterocycles. The standard InChI is InChI=1S/C10H11N3O2/c1-7-9(6-13(2)12-7)4-8(5-11)10(14)15-3/h4,6H,1-3H3. The SMILES string of the molecule is COC(=O)C(C#N)=Cc1cn(C)nc1C. The molecule has 15 heavy (non-hydrogen) atoms. The smallest absolute Gasteiger partial charge is 0.348 e. The number of methoxy groups -OCH3 is 1. The highest BCUT2D eigenvalue weighted by Crippen LogP contribution is 2.10. The van der Waals surface area contributed by atoms with Crippen molar-refractivity contribution in [2.45, 2.75) is 6.92 Å². The molecule has 0 unspecified atom stereocenters. The number of ether oxygens (including phenoxy) is 1. The normalized spacial score (nSPS) is 10.9. The van der Waals surface area contributed by atoms with Crippen LogP contribution >= 0.6 is 0 Å². The molecule has 0 bridgehead atoms. The molecule has 78 valence electrons. The number of carbonyl (C=O) groups excluding carboxylic acids is 1. The molecule has 5 nitrogen and oxygen atoms in total. The fourth-order valence-corrected chi connectivity index (χ4v) is 1.16. The molecule has 5 heteroatoms. The van der Waals surface area contributed by atoms with Crippen LogP contribution in [0, 0.1) is 18.3 Å². The lowest BCUT2D eigenvalue weighted by molar-refractivity contribution is -0.135. The van der Waals surface area contributed by atoms with Crippen LogP contribution in [-0.2, 0) is 16.6 Å². The molecular formula is C10H11N3O2. The Hall–Kier alpha value is -2.09. The Bertz CT molecular complexity index is 452. The van der Waals surface area contributed by atoms with E-state index in [-0.39, 0.29) is 5.57 Å². The highest BCUT2D eigenvalue weighted by molar-refractivity contribution is 5.97. The van der Waals surface area contributed by atoms with Crippen LogP contribution in [0.25, 0.3) is 6.08 Å². The summed E-state index contributed by atoms with van der Waals surface area (Å²) in [7, 11) is 3.01. The predicted molar refractivity (Wildman–Crippen MR) is 53.6 cm³/mol. The van der Waals surface area contributed by atoms with Crippen LogP contribution < -0.4 is 0 Å². The second kappa shape index (κ2) is 4.42. The Morgan fingerprint density at radius 2 is 2.40 bits per heavy atom. The van der Waals surface area contributed by atoms with Crippen LogP contribution in [0.5, 0.6) is 0 Å². The van der Waals surface area contributed by atoms with E-state index >= 15 is 0 Å². The van der Waals surface area contributed by atoms with Gasteiger partial charge in [0.1, 0.15) is 11.6 Å². The molecule has 0 aliphatic heterocycles. The monoisotopic (exact) mass is 205 g/mol. The second-order valence-corrected chi connectivity index (χ2v) is 3.00. The van der Waals surface area contributed by atoms with Gasteiger partial charge in [-0.05, 0) is 13.0 Å². The van der Waals surface area contributed by atoms with Gasteiger partial charge in [-0.2, -0.15) is 10.4 Å². The van der Waals surface area contributed by atoms with E-state index < -0.39 is 5.97 Å². The van der Waals surface area contributed by atoms with Crippen LogP contribution in [0.3, 0.4) is 0 Å². The van der Waals surface area contributed by atoms with Crippen molar-refractivity contribution in [2.75, 3.05) is 7.11 Å². The first kappa shape index (κ1) is 11.0. The Labute approximate surface area is 87.6 Å². The number of aromatic nitrogens is 2. The molecule has 0 aliphatic rings. The van der Waals surface area contributed by atoms with E-state index in [9.17, 15) is 4.79 Å². The summed E-state index contributed by atoms with van der Waals surface area (Å²) in [5.74, 6) is -0.638. The van der Waals surface area contributed by atoms with Crippen molar-refractivity contribution in [1.82, 2.24) is 9.78 Å². The van der Waals surface area contributed by atoms with Crippen LogP contribution in [0.15, 0.2) is 11.8 Å². The van der Waals surface area contributed by atoms with E-state index in [1.807, 2.05) is 0 Å². The zero-order valence-electron chi connectivity index (χ0n) is 8.81. The summed E-state index contributed by atoms with van der Waals surface area (Å²) in [6.07, 6.45) is 3.20. The summed E-state index contributed by atoms with van der Waals surface area (Å²) in [5, 5.41) is 12.8. The van der Waals surface area contributed by atoms with Gasteiger partial charge in [0.05, 0.1) is 12.8 Å². The summed E-state index contributed by atoms with van der Waals surface area (Å²) in [6.45, 7) is 1.80. The maximum atomic E-state index is 11.1. The number of rotatable bonds is 2. The Morgan fingerprint density at radius 1 is 1.73 bits per heavy atom. The van der Waals surface area contributed by atoms with Gasteiger partial charge in [0, 0.05) is 18.8 Å². The van der Waals surface area contributed by atoms with E-state index in [0.29, 0.717) is 0 Å². The molecule has 0 radical (unpaired) electrons. The first-order chi connectivity index (χ1) is 7.08. The average molecular weight is 205 g/mol. The molecule has 1 aromatic rings. The Morgan fingerprint density at radius 3 is 2.80 bits per heavy atom. The van der Waals surface area contributed by atoms with E-state index in [1.54, 1.807) is 30.9 Å². The quantitative estimate of drug-likeness (QED) is 0.407. The van der Waals surface area contributed by atoms with E-state index in [0.717, 1.165) is 11.3 Å². The minimum absolute atomic E-state index is 0.0337. The van der Waals surface area contributed by atoms with Gasteiger partial charge < -0.3 is 4.74 Å². The van der Waals surface area contributed by atoms with Crippen LogP contribution in [0.1, 0.15) is 11.3 Å². The van der Waals surface area contributed by atoms with Crippen molar-refractivity contribution in [2.24, 2.45) is 7.05 Å². The Balaban J connectivity index is 3.10. The van der Waals surface area contributed by atoms with Crippen LogP contribution in [0.2, 0.25) is 0 Å². The number of aryl methyl sites for hydroxylation is 2. The number of hydrogen-bond donors (Lipinski definition) is 0. The van der Waals surface area contributed by atoms with Crippen molar-refractivity contribution < 1.29 is 9.53 Å². The van der Waals surface area contributed by atoms with Crippen LogP contribution in [-0.4, -0.2) is 22.9 Å². The maximum Gasteiger partial charge on any atom is 0.348 e. The number of nitriles is 1. The lowest BCUT2D eigenvalue weighted by Gasteiger charge is -1.94. The van der Waals surface area contributed by atoms with Gasteiger partial charge in [-0.25, -0.2) is 4.79 Å². The summed E-state index contributed by atoms with van der Waals surface area (Å²) in [6, 6.07) is 1.79. The summed E-state index contributed by atoms with van der Waals surface area (Å²) < 4.78 is 6.08. The largest absolute Gasteiger partial charge is 0.465 e. The van der Waals surface area contributed by atoms with Crippen molar-refractivity contribution in [3.05, 3.63) is 23.0 Å². The molecule has 0 aliphatic carbocycles. The first-order valence-corrected chi connectivity index (χ1v) is 4.29. The van der Waals surface area contributed by atoms with Gasteiger partial charge in [-0.3, -0.25) is 4.68 Å². The predicted octanol–water partition coefficient (Wildman–Crippen LogP) is 0.808. The fourth-order valence-electron chi connectivity index (χ4n) is 1.16. The van der Waals surface area contributed by atoms with E-state index in [2.05, 4.69) is 9.84 Å². The van der Waals surface area contributed by atoms with E-state index in [4.69, 9.17) is 5.26 Å². The Kier molecular flexibility index (Phi) is 3.24. The zero-order chi connectivity index (χ0) is 11.4. The fraction of sp³-hybridized carbons (Fsp3) is 0.300. The van der Waals surface area contributed by atoms with Crippen molar-refractivity contribution in [3.63, 3.8) is 0 Å². The number of carbonyl (C=O) groups is 1. The summed E-state index contributed by atoms with van der Waals surface area (Å²) >= 11 is 0. The first-order valence-electron chi connectivity index (χ1n) is 4.29. The van der Waals surface area contributed by atoms with Gasteiger partial charge in [-0.15, -0.1) is 0 Å². The van der Waals surface area contributed by atoms with Crippen molar-refractivity contribution in [1.29, 1.82) is 5.26 Å². The van der Waals surface area contributed by atoms with Crippen molar-refractivity contribution in [3.8, 4) is 6.07 Å². The molecule has 1 heterocycles. The van der Waals surface area contributed by atoms with Gasteiger partial charge in [0.25, 0.3) is 0 Å². The molecule has 0 saturated carbocycles. The van der Waals surface area contributed by atoms with Crippen molar-refractivity contribution >= 4 is 12.0 Å². The summed E-state index contributed by atoms with van der Waals surface area (Å²) in [5.41, 5.74) is 1.46. The number of nitrogens with zero attached hydrogens (tertiary/aromatic N) is 3. The third kappa shape index (κ3) is 2.44. The maximum absolute atomic E-state index is 11.1. The van der Waals surface area contributed by atoms with Gasteiger partial charge in [0.2, 0.25) is 0 Å². The van der Waals surface area contributed by atoms with Gasteiger partial charge in [0.15, 0.2) is 0 Å². The van der Waals surface area contributed by atoms with Gasteiger partial charge in [-0.1, -0.05) is 0 Å². The highest BCUT2D eigenvalue weighted by atomic mass is 16.5. The van der Waals surface area contributed by atoms with Crippen LogP contribution in [0.4, 0.5) is 0 Å². The van der Waals surface area contributed by atoms with Gasteiger partial charge >= 0.3 is 5.97 Å². The minimum Gasteiger partial charge on any atom is -0.465 e. The molecule has 0 amide bonds. The minimum atomic E-state index is -0.638.